The molecule has 0 aromatic heterocycles. The summed E-state index contributed by atoms with van der Waals surface area (Å²) in [6.07, 6.45) is 0.801. The summed E-state index contributed by atoms with van der Waals surface area (Å²) in [6.45, 7) is 5.56. The molecule has 1 rings (SSSR count). The molecule has 18 heavy (non-hydrogen) atoms. The van der Waals surface area contributed by atoms with Crippen LogP contribution in [0.2, 0.25) is 0 Å². The van der Waals surface area contributed by atoms with Gasteiger partial charge in [-0.3, -0.25) is 0 Å². The maximum atomic E-state index is 10.4. The van der Waals surface area contributed by atoms with Crippen LogP contribution in [-0.4, -0.2) is 30.3 Å². The second kappa shape index (κ2) is 16.9. The minimum absolute atomic E-state index is 0. The number of hydrogen-bond donors (Lipinski definition) is 0. The summed E-state index contributed by atoms with van der Waals surface area (Å²) in [5, 5.41) is 0. The number of carbonyl (C=O) groups excluding carboxylic acids is 1. The van der Waals surface area contributed by atoms with Gasteiger partial charge in [-0.25, -0.2) is 0 Å². The first kappa shape index (κ1) is 34.4. The number of hydrogen-bond acceptors (Lipinski definition) is 3. The van der Waals surface area contributed by atoms with E-state index in [1.165, 1.54) is 0 Å². The van der Waals surface area contributed by atoms with Gasteiger partial charge in [-0.2, -0.15) is 0 Å². The molecule has 1 aliphatic rings. The van der Waals surface area contributed by atoms with Crippen molar-refractivity contribution in [3.05, 3.63) is 5.73 Å². The molecule has 1 saturated heterocycles. The zero-order chi connectivity index (χ0) is 10.1. The topological polar surface area (TPSA) is 59.3 Å². The third kappa shape index (κ3) is 11.6. The van der Waals surface area contributed by atoms with E-state index in [4.69, 9.17) is 15.2 Å². The molecule has 5 radical (unpaired) electrons. The predicted octanol–water partition coefficient (Wildman–Crippen LogP) is 1.52. The van der Waals surface area contributed by atoms with Gasteiger partial charge in [0, 0.05) is 164 Å². The Hall–Kier alpha value is 5.07. The Kier molecular flexibility index (Phi) is 32.3. The molecule has 0 aromatic carbocycles. The molecule has 1 fully saturated rings. The molecule has 4 nitrogen and oxygen atoms in total. The molecule has 9 heteroatoms. The predicted molar refractivity (Wildman–Crippen MR) is 48.3 cm³/mol. The van der Waals surface area contributed by atoms with Gasteiger partial charge >= 0.3 is 0 Å². The molecule has 1 aliphatic heterocycles. The van der Waals surface area contributed by atoms with Crippen LogP contribution in [0.5, 0.6) is 0 Å². The van der Waals surface area contributed by atoms with Crippen molar-refractivity contribution in [1.82, 2.24) is 0 Å². The molecule has 0 amide bonds. The van der Waals surface area contributed by atoms with E-state index >= 15 is 0 Å². The van der Waals surface area contributed by atoms with E-state index in [0.29, 0.717) is 6.29 Å². The first-order chi connectivity index (χ1) is 6.00. The molecule has 91 valence electrons. The summed E-state index contributed by atoms with van der Waals surface area (Å²) in [5.41, 5.74) is 7.46. The fraction of sp³-hybridized carbons (Fsp3) is 0.889. The van der Waals surface area contributed by atoms with Crippen LogP contribution in [0.1, 0.15) is 27.2 Å². The SMILES string of the molecule is CC[C@H]1OC(C)(C)O[C@H]1[C@@H]([NH-])C=O.[Y].[Y].[Y].[Y].[Y]. The Balaban J connectivity index is -0.000000113. The average Bonchev–Trinajstić information content (AvgIpc) is 2.39. The van der Waals surface area contributed by atoms with Gasteiger partial charge in [-0.1, -0.05) is 13.0 Å². The van der Waals surface area contributed by atoms with Crippen LogP contribution in [0.3, 0.4) is 0 Å². The van der Waals surface area contributed by atoms with Gasteiger partial charge in [0.05, 0.1) is 12.2 Å². The molecule has 0 aromatic rings. The molecule has 0 saturated carbocycles. The van der Waals surface area contributed by atoms with E-state index in [1.807, 2.05) is 6.92 Å². The Bertz CT molecular complexity index is 209. The van der Waals surface area contributed by atoms with Crippen molar-refractivity contribution >= 4 is 6.29 Å². The van der Waals surface area contributed by atoms with Crippen LogP contribution in [0, 0.1) is 0 Å². The van der Waals surface area contributed by atoms with Crippen molar-refractivity contribution in [3.63, 3.8) is 0 Å². The van der Waals surface area contributed by atoms with Crippen molar-refractivity contribution in [2.75, 3.05) is 0 Å². The number of ether oxygens (including phenoxy) is 2. The monoisotopic (exact) mass is 631 g/mol. The third-order valence-corrected chi connectivity index (χ3v) is 2.12. The summed E-state index contributed by atoms with van der Waals surface area (Å²) in [6, 6.07) is -0.841. The fourth-order valence-corrected chi connectivity index (χ4v) is 1.56. The van der Waals surface area contributed by atoms with Crippen LogP contribution >= 0.6 is 0 Å². The molecule has 1 heterocycles. The van der Waals surface area contributed by atoms with Crippen molar-refractivity contribution < 1.29 is 178 Å². The molecule has 1 N–H and O–H groups in total. The second-order valence-corrected chi connectivity index (χ2v) is 3.71. The van der Waals surface area contributed by atoms with Crippen molar-refractivity contribution in [1.29, 1.82) is 0 Å². The van der Waals surface area contributed by atoms with E-state index < -0.39 is 17.9 Å². The number of carbonyl (C=O) groups is 1. The largest absolute Gasteiger partial charge is 0.666 e. The van der Waals surface area contributed by atoms with Crippen molar-refractivity contribution in [2.45, 2.75) is 51.2 Å². The standard InChI is InChI=1S/C9H16NO3.5Y/c1-4-7-8(6(10)5-11)13-9(2,3)12-7;;;;;/h5-8,10H,4H2,1-3H3;;;;;/q-1;;;;;/t6-,7+,8-;;;;;/m0...../s1. The number of rotatable bonds is 3. The van der Waals surface area contributed by atoms with Crippen LogP contribution < -0.4 is 0 Å². The quantitative estimate of drug-likeness (QED) is 0.445. The maximum absolute atomic E-state index is 10.4. The van der Waals surface area contributed by atoms with Gasteiger partial charge in [-0.05, 0) is 20.3 Å². The van der Waals surface area contributed by atoms with E-state index in [-0.39, 0.29) is 170 Å². The zero-order valence-electron chi connectivity index (χ0n) is 11.1. The van der Waals surface area contributed by atoms with Gasteiger partial charge in [0.15, 0.2) is 5.79 Å². The molecule has 0 spiro atoms. The Morgan fingerprint density at radius 1 is 1.17 bits per heavy atom. The van der Waals surface area contributed by atoms with Gasteiger partial charge < -0.3 is 20.0 Å². The van der Waals surface area contributed by atoms with Crippen LogP contribution in [0.15, 0.2) is 0 Å². The number of nitrogens with one attached hydrogen (secondary N) is 1. The molecular formula is C9H16NO3Y5-. The first-order valence-corrected chi connectivity index (χ1v) is 4.52. The molecular weight excluding hydrogens is 615 g/mol. The van der Waals surface area contributed by atoms with Crippen LogP contribution in [0.4, 0.5) is 0 Å². The van der Waals surface area contributed by atoms with Crippen molar-refractivity contribution in [2.24, 2.45) is 0 Å². The van der Waals surface area contributed by atoms with Gasteiger partial charge in [-0.15, -0.1) is 0 Å². The molecule has 0 aliphatic carbocycles. The van der Waals surface area contributed by atoms with E-state index in [0.717, 1.165) is 6.42 Å². The van der Waals surface area contributed by atoms with Crippen LogP contribution in [-0.2, 0) is 178 Å². The van der Waals surface area contributed by atoms with Crippen LogP contribution in [0.25, 0.3) is 5.73 Å². The minimum Gasteiger partial charge on any atom is -0.666 e. The minimum atomic E-state index is -0.841. The summed E-state index contributed by atoms with van der Waals surface area (Å²) < 4.78 is 11.0. The molecule has 3 atom stereocenters. The second-order valence-electron chi connectivity index (χ2n) is 3.71. The van der Waals surface area contributed by atoms with Gasteiger partial charge in [0.25, 0.3) is 0 Å². The summed E-state index contributed by atoms with van der Waals surface area (Å²) in [5.74, 6) is -0.659. The summed E-state index contributed by atoms with van der Waals surface area (Å²) >= 11 is 0. The van der Waals surface area contributed by atoms with E-state index in [2.05, 4.69) is 0 Å². The fourth-order valence-electron chi connectivity index (χ4n) is 1.56. The first-order valence-electron chi connectivity index (χ1n) is 4.52. The average molecular weight is 631 g/mol. The maximum Gasteiger partial charge on any atom is 0.163 e. The van der Waals surface area contributed by atoms with Gasteiger partial charge in [0.1, 0.15) is 6.29 Å². The number of aldehydes is 1. The van der Waals surface area contributed by atoms with E-state index in [1.54, 1.807) is 13.8 Å². The van der Waals surface area contributed by atoms with Crippen molar-refractivity contribution in [3.8, 4) is 0 Å². The van der Waals surface area contributed by atoms with Gasteiger partial charge in [0.2, 0.25) is 0 Å². The zero-order valence-corrected chi connectivity index (χ0v) is 25.3. The van der Waals surface area contributed by atoms with E-state index in [9.17, 15) is 4.79 Å². The summed E-state index contributed by atoms with van der Waals surface area (Å²) in [4.78, 5) is 10.4. The third-order valence-electron chi connectivity index (χ3n) is 2.12. The smallest absolute Gasteiger partial charge is 0.163 e. The molecule has 0 bridgehead atoms. The molecule has 0 unspecified atom stereocenters. The Morgan fingerprint density at radius 2 is 1.61 bits per heavy atom. The Labute approximate surface area is 235 Å². The summed E-state index contributed by atoms with van der Waals surface area (Å²) in [7, 11) is 0. The Morgan fingerprint density at radius 3 is 1.94 bits per heavy atom. The normalized spacial score (nSPS) is 24.9.